The highest BCUT2D eigenvalue weighted by Crippen LogP contribution is 2.27. The third-order valence-electron chi connectivity index (χ3n) is 5.39. The van der Waals surface area contributed by atoms with Gasteiger partial charge in [0.05, 0.1) is 14.2 Å². The Hall–Kier alpha value is -3.48. The molecule has 0 spiro atoms. The summed E-state index contributed by atoms with van der Waals surface area (Å²) in [6.07, 6.45) is 5.59. The normalized spacial score (nSPS) is 11.3. The molecule has 1 heterocycles. The van der Waals surface area contributed by atoms with Gasteiger partial charge in [0.15, 0.2) is 17.5 Å². The molecule has 170 valence electrons. The number of benzene rings is 2. The van der Waals surface area contributed by atoms with Gasteiger partial charge in [-0.25, -0.2) is 4.98 Å². The summed E-state index contributed by atoms with van der Waals surface area (Å²) in [7, 11) is 7.16. The van der Waals surface area contributed by atoms with E-state index in [1.54, 1.807) is 14.2 Å². The Morgan fingerprint density at radius 3 is 2.53 bits per heavy atom. The minimum absolute atomic E-state index is 0.743. The molecule has 32 heavy (non-hydrogen) atoms. The minimum Gasteiger partial charge on any atom is -0.493 e. The Bertz CT molecular complexity index is 1000. The van der Waals surface area contributed by atoms with Crippen molar-refractivity contribution in [1.82, 2.24) is 19.8 Å². The highest BCUT2D eigenvalue weighted by atomic mass is 16.5. The summed E-state index contributed by atoms with van der Waals surface area (Å²) in [5.74, 6) is 3.42. The van der Waals surface area contributed by atoms with Crippen LogP contribution >= 0.6 is 0 Å². The largest absolute Gasteiger partial charge is 0.493 e. The van der Waals surface area contributed by atoms with Crippen LogP contribution < -0.4 is 14.8 Å². The molecule has 3 rings (SSSR count). The SMILES string of the molecule is CN=C(NCCc1nccn1Cc1ccccc1)N(C)CCc1ccc(OC)c(OC)c1. The van der Waals surface area contributed by atoms with Crippen LogP contribution in [0.25, 0.3) is 0 Å². The summed E-state index contributed by atoms with van der Waals surface area (Å²) in [6.45, 7) is 2.42. The van der Waals surface area contributed by atoms with Crippen LogP contribution in [0.15, 0.2) is 65.9 Å². The monoisotopic (exact) mass is 435 g/mol. The third kappa shape index (κ3) is 6.26. The van der Waals surface area contributed by atoms with E-state index in [1.165, 1.54) is 11.1 Å². The number of ether oxygens (including phenoxy) is 2. The molecule has 3 aromatic rings. The highest BCUT2D eigenvalue weighted by molar-refractivity contribution is 5.79. The van der Waals surface area contributed by atoms with Gasteiger partial charge in [0.25, 0.3) is 0 Å². The molecule has 7 nitrogen and oxygen atoms in total. The van der Waals surface area contributed by atoms with E-state index in [1.807, 2.05) is 44.7 Å². The smallest absolute Gasteiger partial charge is 0.193 e. The number of guanidine groups is 1. The van der Waals surface area contributed by atoms with Crippen molar-refractivity contribution in [3.63, 3.8) is 0 Å². The maximum absolute atomic E-state index is 5.41. The first-order valence-electron chi connectivity index (χ1n) is 10.8. The molecule has 0 atom stereocenters. The fourth-order valence-corrected chi connectivity index (χ4v) is 3.60. The van der Waals surface area contributed by atoms with Crippen molar-refractivity contribution in [3.8, 4) is 11.5 Å². The van der Waals surface area contributed by atoms with E-state index >= 15 is 0 Å². The van der Waals surface area contributed by atoms with Crippen LogP contribution in [-0.4, -0.2) is 61.8 Å². The van der Waals surface area contributed by atoms with E-state index in [9.17, 15) is 0 Å². The van der Waals surface area contributed by atoms with Gasteiger partial charge in [-0.2, -0.15) is 0 Å². The molecular weight excluding hydrogens is 402 g/mol. The van der Waals surface area contributed by atoms with Gasteiger partial charge in [0.2, 0.25) is 0 Å². The molecule has 0 amide bonds. The Morgan fingerprint density at radius 2 is 1.81 bits per heavy atom. The Morgan fingerprint density at radius 1 is 1.03 bits per heavy atom. The lowest BCUT2D eigenvalue weighted by molar-refractivity contribution is 0.354. The maximum atomic E-state index is 5.41. The summed E-state index contributed by atoms with van der Waals surface area (Å²) in [4.78, 5) is 11.1. The van der Waals surface area contributed by atoms with E-state index in [0.717, 1.165) is 55.8 Å². The fourth-order valence-electron chi connectivity index (χ4n) is 3.60. The number of hydrogen-bond acceptors (Lipinski definition) is 4. The van der Waals surface area contributed by atoms with Crippen LogP contribution in [0.3, 0.4) is 0 Å². The number of likely N-dealkylation sites (N-methyl/N-ethyl adjacent to an activating group) is 1. The first-order chi connectivity index (χ1) is 15.6. The molecule has 0 aliphatic rings. The molecule has 1 aromatic heterocycles. The Balaban J connectivity index is 1.49. The molecule has 0 radical (unpaired) electrons. The summed E-state index contributed by atoms with van der Waals surface area (Å²) in [5.41, 5.74) is 2.46. The number of rotatable bonds is 10. The van der Waals surface area contributed by atoms with Crippen LogP contribution in [-0.2, 0) is 19.4 Å². The van der Waals surface area contributed by atoms with Gasteiger partial charge in [-0.15, -0.1) is 0 Å². The van der Waals surface area contributed by atoms with E-state index in [2.05, 4.69) is 55.1 Å². The molecule has 2 aromatic carbocycles. The molecule has 1 N–H and O–H groups in total. The number of imidazole rings is 1. The average Bonchev–Trinajstić information content (AvgIpc) is 3.27. The number of nitrogens with one attached hydrogen (secondary N) is 1. The van der Waals surface area contributed by atoms with Crippen molar-refractivity contribution in [2.75, 3.05) is 41.4 Å². The van der Waals surface area contributed by atoms with Gasteiger partial charge in [0, 0.05) is 52.5 Å². The Kier molecular flexibility index (Phi) is 8.54. The molecule has 0 aliphatic carbocycles. The van der Waals surface area contributed by atoms with Crippen LogP contribution in [0.2, 0.25) is 0 Å². The molecule has 0 fully saturated rings. The van der Waals surface area contributed by atoms with Gasteiger partial charge in [0.1, 0.15) is 5.82 Å². The standard InChI is InChI=1S/C25H33N5O2/c1-26-25(29(2)16-13-20-10-11-22(31-3)23(18-20)32-4)28-14-12-24-27-15-17-30(24)19-21-8-6-5-7-9-21/h5-11,15,17-18H,12-14,16,19H2,1-4H3,(H,26,28). The summed E-state index contributed by atoms with van der Waals surface area (Å²) >= 11 is 0. The first kappa shape index (κ1) is 23.2. The van der Waals surface area contributed by atoms with E-state index in [4.69, 9.17) is 9.47 Å². The zero-order valence-electron chi connectivity index (χ0n) is 19.4. The molecule has 0 saturated carbocycles. The van der Waals surface area contributed by atoms with Crippen LogP contribution in [0.5, 0.6) is 11.5 Å². The minimum atomic E-state index is 0.743. The molecule has 0 bridgehead atoms. The second-order valence-corrected chi connectivity index (χ2v) is 7.54. The lowest BCUT2D eigenvalue weighted by Crippen LogP contribution is -2.40. The second kappa shape index (κ2) is 11.8. The van der Waals surface area contributed by atoms with Crippen molar-refractivity contribution in [2.45, 2.75) is 19.4 Å². The van der Waals surface area contributed by atoms with Crippen molar-refractivity contribution in [3.05, 3.63) is 77.9 Å². The third-order valence-corrected chi connectivity index (χ3v) is 5.39. The van der Waals surface area contributed by atoms with E-state index < -0.39 is 0 Å². The molecule has 0 saturated heterocycles. The zero-order valence-corrected chi connectivity index (χ0v) is 19.4. The van der Waals surface area contributed by atoms with Crippen molar-refractivity contribution < 1.29 is 9.47 Å². The predicted octanol–water partition coefficient (Wildman–Crippen LogP) is 3.24. The molecule has 7 heteroatoms. The Labute approximate surface area is 190 Å². The van der Waals surface area contributed by atoms with Crippen LogP contribution in [0.1, 0.15) is 17.0 Å². The van der Waals surface area contributed by atoms with Gasteiger partial charge >= 0.3 is 0 Å². The number of aliphatic imine (C=N–C) groups is 1. The van der Waals surface area contributed by atoms with Gasteiger partial charge in [-0.3, -0.25) is 4.99 Å². The second-order valence-electron chi connectivity index (χ2n) is 7.54. The lowest BCUT2D eigenvalue weighted by Gasteiger charge is -2.22. The predicted molar refractivity (Wildman–Crippen MR) is 129 cm³/mol. The first-order valence-corrected chi connectivity index (χ1v) is 10.8. The molecular formula is C25H33N5O2. The number of nitrogens with zero attached hydrogens (tertiary/aromatic N) is 4. The highest BCUT2D eigenvalue weighted by Gasteiger charge is 2.09. The fraction of sp³-hybridized carbons (Fsp3) is 0.360. The number of hydrogen-bond donors (Lipinski definition) is 1. The van der Waals surface area contributed by atoms with Gasteiger partial charge in [-0.05, 0) is 29.7 Å². The average molecular weight is 436 g/mol. The quantitative estimate of drug-likeness (QED) is 0.391. The number of aromatic nitrogens is 2. The van der Waals surface area contributed by atoms with Gasteiger partial charge in [-0.1, -0.05) is 36.4 Å². The van der Waals surface area contributed by atoms with Crippen molar-refractivity contribution in [1.29, 1.82) is 0 Å². The number of methoxy groups -OCH3 is 2. The van der Waals surface area contributed by atoms with E-state index in [0.29, 0.717) is 0 Å². The van der Waals surface area contributed by atoms with E-state index in [-0.39, 0.29) is 0 Å². The molecule has 0 unspecified atom stereocenters. The van der Waals surface area contributed by atoms with Crippen LogP contribution in [0, 0.1) is 0 Å². The van der Waals surface area contributed by atoms with Crippen molar-refractivity contribution >= 4 is 5.96 Å². The summed E-state index contributed by atoms with van der Waals surface area (Å²) in [6, 6.07) is 16.5. The molecule has 0 aliphatic heterocycles. The zero-order chi connectivity index (χ0) is 22.8. The lowest BCUT2D eigenvalue weighted by atomic mass is 10.1. The summed E-state index contributed by atoms with van der Waals surface area (Å²) in [5, 5.41) is 3.45. The van der Waals surface area contributed by atoms with Crippen LogP contribution in [0.4, 0.5) is 0 Å². The topological polar surface area (TPSA) is 63.9 Å². The maximum Gasteiger partial charge on any atom is 0.193 e. The van der Waals surface area contributed by atoms with Crippen molar-refractivity contribution in [2.24, 2.45) is 4.99 Å². The van der Waals surface area contributed by atoms with Gasteiger partial charge < -0.3 is 24.3 Å². The summed E-state index contributed by atoms with van der Waals surface area (Å²) < 4.78 is 12.9.